The van der Waals surface area contributed by atoms with Crippen LogP contribution in [0.3, 0.4) is 0 Å². The third kappa shape index (κ3) is 7.19. The second-order valence-corrected chi connectivity index (χ2v) is 4.81. The average molecular weight is 317 g/mol. The minimum Gasteiger partial charge on any atom is -0.480 e. The van der Waals surface area contributed by atoms with Gasteiger partial charge in [0.2, 0.25) is 0 Å². The predicted octanol–water partition coefficient (Wildman–Crippen LogP) is 1.76. The topological polar surface area (TPSA) is 107 Å². The summed E-state index contributed by atoms with van der Waals surface area (Å²) in [4.78, 5) is 31.3. The van der Waals surface area contributed by atoms with Gasteiger partial charge in [-0.2, -0.15) is 0 Å². The van der Waals surface area contributed by atoms with Gasteiger partial charge in [-0.15, -0.1) is 0 Å². The fourth-order valence-corrected chi connectivity index (χ4v) is 1.71. The van der Waals surface area contributed by atoms with Gasteiger partial charge in [-0.05, 0) is 10.8 Å². The zero-order chi connectivity index (χ0) is 17.2. The lowest BCUT2D eigenvalue weighted by molar-refractivity contribution is -0.146. The van der Waals surface area contributed by atoms with Crippen LogP contribution in [0.2, 0.25) is 0 Å². The molecule has 122 valence electrons. The summed E-state index contributed by atoms with van der Waals surface area (Å²) in [5.74, 6) is -2.35. The number of carbonyl (C=O) groups is 3. The number of carbonyl (C=O) groups excluding carboxylic acids is 2. The van der Waals surface area contributed by atoms with Crippen LogP contribution in [-0.2, 0) is 19.1 Å². The molecule has 1 atom stereocenters. The number of rotatable bonds is 5. The number of esters is 1. The Bertz CT molecular complexity index is 618. The third-order valence-electron chi connectivity index (χ3n) is 2.86. The molecule has 23 heavy (non-hydrogen) atoms. The van der Waals surface area contributed by atoms with Crippen LogP contribution in [0.25, 0.3) is 10.8 Å². The van der Waals surface area contributed by atoms with Gasteiger partial charge in [-0.3, -0.25) is 14.4 Å². The Morgan fingerprint density at radius 1 is 1.04 bits per heavy atom. The maximum Gasteiger partial charge on any atom is 0.320 e. The zero-order valence-corrected chi connectivity index (χ0v) is 12.8. The Kier molecular flexibility index (Phi) is 7.42. The number of aliphatic carboxylic acids is 1. The minimum atomic E-state index is -1.25. The average Bonchev–Trinajstić information content (AvgIpc) is 2.53. The molecule has 0 aliphatic carbocycles. The lowest BCUT2D eigenvalue weighted by Crippen LogP contribution is -2.33. The highest BCUT2D eigenvalue weighted by Gasteiger charge is 2.16. The molecule has 0 aliphatic rings. The number of benzene rings is 2. The van der Waals surface area contributed by atoms with Crippen molar-refractivity contribution in [3.05, 3.63) is 48.5 Å². The monoisotopic (exact) mass is 317 g/mol. The van der Waals surface area contributed by atoms with Crippen LogP contribution >= 0.6 is 0 Å². The van der Waals surface area contributed by atoms with Gasteiger partial charge in [-0.25, -0.2) is 0 Å². The summed E-state index contributed by atoms with van der Waals surface area (Å²) in [5, 5.41) is 10.9. The fraction of sp³-hybridized carbons (Fsp3) is 0.235. The number of carboxylic acids is 1. The van der Waals surface area contributed by atoms with E-state index in [2.05, 4.69) is 53.3 Å². The van der Waals surface area contributed by atoms with Crippen molar-refractivity contribution in [3.63, 3.8) is 0 Å². The molecule has 0 aliphatic heterocycles. The van der Waals surface area contributed by atoms with Crippen molar-refractivity contribution in [1.29, 1.82) is 0 Å². The van der Waals surface area contributed by atoms with Crippen LogP contribution in [0.1, 0.15) is 13.3 Å². The molecule has 0 saturated carbocycles. The fourth-order valence-electron chi connectivity index (χ4n) is 1.71. The van der Waals surface area contributed by atoms with E-state index in [9.17, 15) is 14.4 Å². The Morgan fingerprint density at radius 2 is 1.48 bits per heavy atom. The summed E-state index contributed by atoms with van der Waals surface area (Å²) in [7, 11) is 0. The van der Waals surface area contributed by atoms with Crippen molar-refractivity contribution in [2.24, 2.45) is 5.73 Å². The first-order valence-corrected chi connectivity index (χ1v) is 6.97. The zero-order valence-electron chi connectivity index (χ0n) is 12.8. The molecule has 6 nitrogen and oxygen atoms in total. The van der Waals surface area contributed by atoms with Crippen LogP contribution in [0, 0.1) is 0 Å². The van der Waals surface area contributed by atoms with Gasteiger partial charge in [0.25, 0.3) is 0 Å². The van der Waals surface area contributed by atoms with E-state index < -0.39 is 30.4 Å². The molecule has 2 aromatic rings. The Labute approximate surface area is 133 Å². The number of carboxylic acid groups (broad SMARTS) is 1. The van der Waals surface area contributed by atoms with E-state index in [1.54, 1.807) is 0 Å². The highest BCUT2D eigenvalue weighted by atomic mass is 16.5. The van der Waals surface area contributed by atoms with E-state index in [0.29, 0.717) is 0 Å². The maximum atomic E-state index is 10.8. The molecule has 0 bridgehead atoms. The standard InChI is InChI=1S/C10H8.C7H11NO5/c1-2-6-10-8-4-3-7-9(10)5-1;1-4(9)13-3-5(10)2-6(8)7(11)12/h1-8H;6H,2-3,8H2,1H3,(H,11,12). The summed E-state index contributed by atoms with van der Waals surface area (Å²) in [5.41, 5.74) is 5.06. The predicted molar refractivity (Wildman–Crippen MR) is 85.8 cm³/mol. The molecule has 3 N–H and O–H groups in total. The Hall–Kier alpha value is -2.73. The Balaban J connectivity index is 0.000000235. The number of nitrogens with two attached hydrogens (primary N) is 1. The lowest BCUT2D eigenvalue weighted by Gasteiger charge is -2.04. The van der Waals surface area contributed by atoms with Gasteiger partial charge in [-0.1, -0.05) is 48.5 Å². The van der Waals surface area contributed by atoms with E-state index in [1.165, 1.54) is 10.8 Å². The second kappa shape index (κ2) is 9.32. The first-order valence-electron chi connectivity index (χ1n) is 6.97. The molecule has 0 spiro atoms. The summed E-state index contributed by atoms with van der Waals surface area (Å²) in [6, 6.07) is 15.5. The van der Waals surface area contributed by atoms with Crippen molar-refractivity contribution in [3.8, 4) is 0 Å². The number of hydrogen-bond donors (Lipinski definition) is 2. The van der Waals surface area contributed by atoms with Gasteiger partial charge < -0.3 is 15.6 Å². The smallest absolute Gasteiger partial charge is 0.320 e. The van der Waals surface area contributed by atoms with Crippen LogP contribution in [-0.4, -0.2) is 35.5 Å². The van der Waals surface area contributed by atoms with Crippen LogP contribution < -0.4 is 5.73 Å². The Morgan fingerprint density at radius 3 is 1.83 bits per heavy atom. The molecule has 2 rings (SSSR count). The molecule has 0 amide bonds. The molecule has 1 unspecified atom stereocenters. The van der Waals surface area contributed by atoms with Crippen LogP contribution in [0.15, 0.2) is 48.5 Å². The van der Waals surface area contributed by atoms with E-state index >= 15 is 0 Å². The quantitative estimate of drug-likeness (QED) is 0.814. The van der Waals surface area contributed by atoms with Gasteiger partial charge >= 0.3 is 11.9 Å². The van der Waals surface area contributed by atoms with E-state index in [0.717, 1.165) is 6.92 Å². The van der Waals surface area contributed by atoms with Gasteiger partial charge in [0.1, 0.15) is 12.6 Å². The number of hydrogen-bond acceptors (Lipinski definition) is 5. The largest absolute Gasteiger partial charge is 0.480 e. The lowest BCUT2D eigenvalue weighted by atomic mass is 10.1. The molecule has 2 aromatic carbocycles. The second-order valence-electron chi connectivity index (χ2n) is 4.81. The number of Topliss-reactive ketones (excluding diaryl/α,β-unsaturated/α-hetero) is 1. The number of ketones is 1. The van der Waals surface area contributed by atoms with Crippen molar-refractivity contribution in [1.82, 2.24) is 0 Å². The van der Waals surface area contributed by atoms with Gasteiger partial charge in [0.15, 0.2) is 5.78 Å². The van der Waals surface area contributed by atoms with E-state index in [4.69, 9.17) is 10.8 Å². The molecule has 0 saturated heterocycles. The van der Waals surface area contributed by atoms with Crippen molar-refractivity contribution in [2.45, 2.75) is 19.4 Å². The molecule has 0 aromatic heterocycles. The van der Waals surface area contributed by atoms with Crippen molar-refractivity contribution in [2.75, 3.05) is 6.61 Å². The van der Waals surface area contributed by atoms with E-state index in [1.807, 2.05) is 0 Å². The number of ether oxygens (including phenoxy) is 1. The maximum absolute atomic E-state index is 10.8. The van der Waals surface area contributed by atoms with Crippen LogP contribution in [0.4, 0.5) is 0 Å². The summed E-state index contributed by atoms with van der Waals surface area (Å²) in [6.45, 7) is 0.737. The van der Waals surface area contributed by atoms with E-state index in [-0.39, 0.29) is 6.42 Å². The molecule has 0 fully saturated rings. The van der Waals surface area contributed by atoms with Crippen molar-refractivity contribution >= 4 is 28.5 Å². The third-order valence-corrected chi connectivity index (χ3v) is 2.86. The summed E-state index contributed by atoms with van der Waals surface area (Å²) < 4.78 is 4.35. The normalized spacial score (nSPS) is 11.0. The number of fused-ring (bicyclic) bond motifs is 1. The van der Waals surface area contributed by atoms with Gasteiger partial charge in [0.05, 0.1) is 0 Å². The molecular weight excluding hydrogens is 298 g/mol. The van der Waals surface area contributed by atoms with Gasteiger partial charge in [0, 0.05) is 13.3 Å². The first kappa shape index (κ1) is 18.3. The molecule has 6 heteroatoms. The van der Waals surface area contributed by atoms with Crippen LogP contribution in [0.5, 0.6) is 0 Å². The first-order chi connectivity index (χ1) is 10.9. The highest BCUT2D eigenvalue weighted by Crippen LogP contribution is 2.11. The summed E-state index contributed by atoms with van der Waals surface area (Å²) >= 11 is 0. The summed E-state index contributed by atoms with van der Waals surface area (Å²) in [6.07, 6.45) is -0.331. The molecule has 0 heterocycles. The highest BCUT2D eigenvalue weighted by molar-refractivity contribution is 5.87. The SMILES string of the molecule is CC(=O)OCC(=O)CC(N)C(=O)O.c1ccc2ccccc2c1. The molecule has 0 radical (unpaired) electrons. The van der Waals surface area contributed by atoms with Crippen molar-refractivity contribution < 1.29 is 24.2 Å². The molecular formula is C17H19NO5. The minimum absolute atomic E-state index is 0.331.